The van der Waals surface area contributed by atoms with Crippen molar-refractivity contribution in [2.45, 2.75) is 45.2 Å². The molecule has 2 aromatic rings. The monoisotopic (exact) mass is 436 g/mol. The van der Waals surface area contributed by atoms with Crippen LogP contribution in [0.2, 0.25) is 0 Å². The minimum atomic E-state index is 0.0664. The topological polar surface area (TPSA) is 62.2 Å². The van der Waals surface area contributed by atoms with E-state index in [4.69, 9.17) is 9.47 Å². The van der Waals surface area contributed by atoms with E-state index in [1.807, 2.05) is 35.2 Å². The molecular weight excluding hydrogens is 404 g/mol. The molecule has 1 amide bonds. The second-order valence-corrected chi connectivity index (χ2v) is 9.63. The van der Waals surface area contributed by atoms with Gasteiger partial charge in [0.05, 0.1) is 13.2 Å². The number of phenols is 1. The fourth-order valence-electron chi connectivity index (χ4n) is 5.53. The molecule has 1 atom stereocenters. The zero-order chi connectivity index (χ0) is 22.3. The molecule has 6 nitrogen and oxygen atoms in total. The number of rotatable bonds is 3. The largest absolute Gasteiger partial charge is 0.508 e. The van der Waals surface area contributed by atoms with Crippen LogP contribution in [0.5, 0.6) is 17.2 Å². The number of nitrogens with zero attached hydrogens (tertiary/aromatic N) is 2. The van der Waals surface area contributed by atoms with Gasteiger partial charge in [0.15, 0.2) is 11.5 Å². The second-order valence-electron chi connectivity index (χ2n) is 9.63. The van der Waals surface area contributed by atoms with Gasteiger partial charge in [-0.05, 0) is 62.6 Å². The Hall–Kier alpha value is -2.73. The van der Waals surface area contributed by atoms with Gasteiger partial charge in [-0.2, -0.15) is 0 Å². The van der Waals surface area contributed by atoms with Crippen LogP contribution in [0.3, 0.4) is 0 Å². The molecule has 3 heterocycles. The molecule has 5 rings (SSSR count). The number of fused-ring (bicyclic) bond motifs is 1. The van der Waals surface area contributed by atoms with Crippen molar-refractivity contribution in [2.24, 2.45) is 5.41 Å². The first kappa shape index (κ1) is 21.1. The first-order valence-electron chi connectivity index (χ1n) is 11.7. The number of ether oxygens (including phenoxy) is 2. The van der Waals surface area contributed by atoms with Crippen LogP contribution >= 0.6 is 0 Å². The SMILES string of the molecule is CC(C)N1CC2(CCN(C(=O)c3ccc4c(c3)OCCCO4)CC2)C1c1ccc(O)cc1. The van der Waals surface area contributed by atoms with Crippen LogP contribution in [0.15, 0.2) is 42.5 Å². The van der Waals surface area contributed by atoms with Crippen molar-refractivity contribution in [1.82, 2.24) is 9.80 Å². The third-order valence-electron chi connectivity index (χ3n) is 7.32. The number of amides is 1. The summed E-state index contributed by atoms with van der Waals surface area (Å²) in [6, 6.07) is 14.0. The van der Waals surface area contributed by atoms with E-state index in [9.17, 15) is 9.90 Å². The van der Waals surface area contributed by atoms with Crippen molar-refractivity contribution in [2.75, 3.05) is 32.8 Å². The molecule has 2 saturated heterocycles. The van der Waals surface area contributed by atoms with Gasteiger partial charge in [-0.15, -0.1) is 0 Å². The molecule has 1 N–H and O–H groups in total. The van der Waals surface area contributed by atoms with Crippen molar-refractivity contribution in [3.05, 3.63) is 53.6 Å². The van der Waals surface area contributed by atoms with Crippen LogP contribution in [0.25, 0.3) is 0 Å². The molecule has 6 heteroatoms. The molecule has 2 aromatic carbocycles. The van der Waals surface area contributed by atoms with E-state index < -0.39 is 0 Å². The standard InChI is InChI=1S/C26H32N2O4/c1-18(2)28-17-26(24(28)19-4-7-21(29)8-5-19)10-12-27(13-11-26)25(30)20-6-9-22-23(16-20)32-15-3-14-31-22/h4-9,16,18,24,29H,3,10-15,17H2,1-2H3. The first-order chi connectivity index (χ1) is 15.5. The Labute approximate surface area is 189 Å². The number of phenolic OH excluding ortho intramolecular Hbond substituents is 1. The molecule has 0 aliphatic carbocycles. The highest BCUT2D eigenvalue weighted by atomic mass is 16.5. The molecule has 2 fully saturated rings. The number of carbonyl (C=O) groups is 1. The van der Waals surface area contributed by atoms with Crippen LogP contribution in [0.4, 0.5) is 0 Å². The molecule has 0 bridgehead atoms. The van der Waals surface area contributed by atoms with Crippen LogP contribution in [0.1, 0.15) is 55.1 Å². The third kappa shape index (κ3) is 3.71. The van der Waals surface area contributed by atoms with Gasteiger partial charge in [0.25, 0.3) is 5.91 Å². The summed E-state index contributed by atoms with van der Waals surface area (Å²) in [5.41, 5.74) is 2.10. The van der Waals surface area contributed by atoms with Crippen LogP contribution in [0, 0.1) is 5.41 Å². The smallest absolute Gasteiger partial charge is 0.253 e. The van der Waals surface area contributed by atoms with E-state index in [1.54, 1.807) is 12.1 Å². The maximum atomic E-state index is 13.2. The van der Waals surface area contributed by atoms with Gasteiger partial charge in [-0.3, -0.25) is 9.69 Å². The molecular formula is C26H32N2O4. The van der Waals surface area contributed by atoms with E-state index in [-0.39, 0.29) is 11.3 Å². The molecule has 3 aliphatic rings. The number of benzene rings is 2. The lowest BCUT2D eigenvalue weighted by Gasteiger charge is -2.62. The fourth-order valence-corrected chi connectivity index (χ4v) is 5.53. The number of hydrogen-bond donors (Lipinski definition) is 1. The van der Waals surface area contributed by atoms with Gasteiger partial charge in [0.2, 0.25) is 0 Å². The van der Waals surface area contributed by atoms with Gasteiger partial charge in [0.1, 0.15) is 5.75 Å². The van der Waals surface area contributed by atoms with Gasteiger partial charge < -0.3 is 19.5 Å². The van der Waals surface area contributed by atoms with Crippen LogP contribution in [-0.2, 0) is 0 Å². The van der Waals surface area contributed by atoms with Crippen molar-refractivity contribution >= 4 is 5.91 Å². The van der Waals surface area contributed by atoms with Crippen molar-refractivity contribution < 1.29 is 19.4 Å². The van der Waals surface area contributed by atoms with Crippen molar-refractivity contribution in [3.8, 4) is 17.2 Å². The summed E-state index contributed by atoms with van der Waals surface area (Å²) >= 11 is 0. The van der Waals surface area contributed by atoms with Crippen LogP contribution < -0.4 is 9.47 Å². The highest BCUT2D eigenvalue weighted by Gasteiger charge is 2.54. The Balaban J connectivity index is 1.30. The van der Waals surface area contributed by atoms with E-state index in [0.29, 0.717) is 42.4 Å². The summed E-state index contributed by atoms with van der Waals surface area (Å²) < 4.78 is 11.5. The molecule has 0 radical (unpaired) electrons. The number of hydrogen-bond acceptors (Lipinski definition) is 5. The number of piperidine rings is 1. The Kier molecular flexibility index (Phi) is 5.49. The zero-order valence-electron chi connectivity index (χ0n) is 18.9. The summed E-state index contributed by atoms with van der Waals surface area (Å²) in [6.07, 6.45) is 2.82. The first-order valence-corrected chi connectivity index (χ1v) is 11.7. The molecule has 32 heavy (non-hydrogen) atoms. The van der Waals surface area contributed by atoms with Crippen LogP contribution in [-0.4, -0.2) is 59.7 Å². The number of carbonyl (C=O) groups excluding carboxylic acids is 1. The van der Waals surface area contributed by atoms with Gasteiger partial charge in [-0.25, -0.2) is 0 Å². The Bertz CT molecular complexity index is 980. The Morgan fingerprint density at radius 2 is 1.72 bits per heavy atom. The summed E-state index contributed by atoms with van der Waals surface area (Å²) in [5.74, 6) is 1.75. The summed E-state index contributed by atoms with van der Waals surface area (Å²) in [7, 11) is 0. The van der Waals surface area contributed by atoms with E-state index in [0.717, 1.165) is 44.6 Å². The third-order valence-corrected chi connectivity index (χ3v) is 7.32. The normalized spacial score (nSPS) is 22.5. The van der Waals surface area contributed by atoms with Gasteiger partial charge in [-0.1, -0.05) is 12.1 Å². The molecule has 3 aliphatic heterocycles. The number of likely N-dealkylation sites (tertiary alicyclic amines) is 2. The summed E-state index contributed by atoms with van der Waals surface area (Å²) in [6.45, 7) is 8.31. The predicted octanol–water partition coefficient (Wildman–Crippen LogP) is 4.24. The van der Waals surface area contributed by atoms with E-state index >= 15 is 0 Å². The second kappa shape index (κ2) is 8.32. The lowest BCUT2D eigenvalue weighted by Crippen LogP contribution is -2.64. The fraction of sp³-hybridized carbons (Fsp3) is 0.500. The maximum absolute atomic E-state index is 13.2. The minimum absolute atomic E-state index is 0.0664. The summed E-state index contributed by atoms with van der Waals surface area (Å²) in [5, 5.41) is 9.73. The molecule has 170 valence electrons. The maximum Gasteiger partial charge on any atom is 0.253 e. The predicted molar refractivity (Wildman–Crippen MR) is 122 cm³/mol. The van der Waals surface area contributed by atoms with Crippen molar-refractivity contribution in [1.29, 1.82) is 0 Å². The number of aromatic hydroxyl groups is 1. The highest BCUT2D eigenvalue weighted by Crippen LogP contribution is 2.55. The zero-order valence-corrected chi connectivity index (χ0v) is 18.9. The minimum Gasteiger partial charge on any atom is -0.508 e. The van der Waals surface area contributed by atoms with E-state index in [1.165, 1.54) is 5.56 Å². The Morgan fingerprint density at radius 3 is 2.41 bits per heavy atom. The van der Waals surface area contributed by atoms with E-state index in [2.05, 4.69) is 18.7 Å². The van der Waals surface area contributed by atoms with Gasteiger partial charge in [0, 0.05) is 49.1 Å². The average molecular weight is 437 g/mol. The highest BCUT2D eigenvalue weighted by molar-refractivity contribution is 5.95. The van der Waals surface area contributed by atoms with Gasteiger partial charge >= 0.3 is 0 Å². The summed E-state index contributed by atoms with van der Waals surface area (Å²) in [4.78, 5) is 17.8. The lowest BCUT2D eigenvalue weighted by molar-refractivity contribution is -0.124. The van der Waals surface area contributed by atoms with Crippen molar-refractivity contribution in [3.63, 3.8) is 0 Å². The molecule has 0 saturated carbocycles. The quantitative estimate of drug-likeness (QED) is 0.780. The average Bonchev–Trinajstić information content (AvgIpc) is 3.03. The molecule has 1 spiro atoms. The molecule has 1 unspecified atom stereocenters. The Morgan fingerprint density at radius 1 is 1.03 bits per heavy atom. The lowest BCUT2D eigenvalue weighted by atomic mass is 9.62. The molecule has 0 aromatic heterocycles.